The zero-order valence-corrected chi connectivity index (χ0v) is 15.6. The number of amides is 2. The highest BCUT2D eigenvalue weighted by molar-refractivity contribution is 14.1. The summed E-state index contributed by atoms with van der Waals surface area (Å²) in [5, 5.41) is -0.270. The van der Waals surface area contributed by atoms with Crippen molar-refractivity contribution in [2.24, 2.45) is 0 Å². The van der Waals surface area contributed by atoms with E-state index in [1.54, 1.807) is 18.2 Å². The second-order valence-corrected chi connectivity index (χ2v) is 7.41. The molecule has 0 radical (unpaired) electrons. The minimum absolute atomic E-state index is 0.249. The van der Waals surface area contributed by atoms with Gasteiger partial charge >= 0.3 is 0 Å². The van der Waals surface area contributed by atoms with E-state index in [1.165, 1.54) is 4.90 Å². The summed E-state index contributed by atoms with van der Waals surface area (Å²) in [5.41, 5.74) is 0.888. The topological polar surface area (TPSA) is 50.5 Å². The molecule has 0 atom stereocenters. The molecule has 2 aromatic rings. The van der Waals surface area contributed by atoms with Crippen molar-refractivity contribution < 1.29 is 14.0 Å². The summed E-state index contributed by atoms with van der Waals surface area (Å²) in [4.78, 5) is 26.1. The molecule has 3 rings (SSSR count). The van der Waals surface area contributed by atoms with Gasteiger partial charge in [0.05, 0.1) is 11.4 Å². The third-order valence-electron chi connectivity index (χ3n) is 3.03. The normalized spacial score (nSPS) is 16.8. The lowest BCUT2D eigenvalue weighted by atomic mass is 10.2. The van der Waals surface area contributed by atoms with Gasteiger partial charge in [-0.05, 0) is 58.1 Å². The van der Waals surface area contributed by atoms with Gasteiger partial charge in [0.1, 0.15) is 5.76 Å². The third kappa shape index (κ3) is 3.31. The van der Waals surface area contributed by atoms with E-state index >= 15 is 0 Å². The molecule has 1 aliphatic heterocycles. The van der Waals surface area contributed by atoms with Crippen molar-refractivity contribution in [3.8, 4) is 0 Å². The molecule has 1 saturated heterocycles. The van der Waals surface area contributed by atoms with Gasteiger partial charge in [0.15, 0.2) is 3.77 Å². The summed E-state index contributed by atoms with van der Waals surface area (Å²) in [5.74, 6) is 0.271. The number of hydrogen-bond donors (Lipinski definition) is 0. The first kappa shape index (κ1) is 15.8. The van der Waals surface area contributed by atoms with Gasteiger partial charge in [-0.2, -0.15) is 0 Å². The lowest BCUT2D eigenvalue weighted by molar-refractivity contribution is -0.123. The zero-order valence-electron chi connectivity index (χ0n) is 11.1. The molecule has 0 aliphatic carbocycles. The Morgan fingerprint density at radius 1 is 1.23 bits per heavy atom. The van der Waals surface area contributed by atoms with Gasteiger partial charge in [0, 0.05) is 10.5 Å². The Morgan fingerprint density at radius 2 is 2.00 bits per heavy atom. The molecule has 0 N–H and O–H groups in total. The van der Waals surface area contributed by atoms with E-state index in [-0.39, 0.29) is 17.7 Å². The van der Waals surface area contributed by atoms with Crippen LogP contribution >= 0.6 is 50.3 Å². The molecule has 4 nitrogen and oxygen atoms in total. The molecule has 112 valence electrons. The van der Waals surface area contributed by atoms with Crippen LogP contribution in [0.1, 0.15) is 11.3 Å². The number of thioether (sulfide) groups is 1. The number of carbonyl (C=O) groups is 2. The molecule has 0 saturated carbocycles. The lowest BCUT2D eigenvalue weighted by Crippen LogP contribution is -2.27. The van der Waals surface area contributed by atoms with Crippen LogP contribution in [-0.4, -0.2) is 16.0 Å². The molecule has 0 unspecified atom stereocenters. The number of nitrogens with zero attached hydrogens (tertiary/aromatic N) is 1. The summed E-state index contributed by atoms with van der Waals surface area (Å²) in [6.07, 6.45) is 1.60. The van der Waals surface area contributed by atoms with E-state index in [0.717, 1.165) is 25.6 Å². The smallest absolute Gasteiger partial charge is 0.293 e. The van der Waals surface area contributed by atoms with Crippen molar-refractivity contribution in [1.82, 2.24) is 4.90 Å². The van der Waals surface area contributed by atoms with Crippen molar-refractivity contribution in [3.63, 3.8) is 0 Å². The number of furan rings is 1. The average Bonchev–Trinajstić information content (AvgIpc) is 3.00. The standard InChI is InChI=1S/C15H9BrINO3S/c16-11-4-2-1-3-9(11)8-18-14(19)12(22-15(18)20)7-10-5-6-13(17)21-10/h1-7H,8H2/b12-7+. The highest BCUT2D eigenvalue weighted by atomic mass is 127. The van der Waals surface area contributed by atoms with Gasteiger partial charge in [-0.3, -0.25) is 14.5 Å². The summed E-state index contributed by atoms with van der Waals surface area (Å²) in [6.45, 7) is 0.249. The number of halogens is 2. The number of imide groups is 1. The van der Waals surface area contributed by atoms with Gasteiger partial charge in [0.2, 0.25) is 0 Å². The first-order valence-corrected chi connectivity index (χ1v) is 8.97. The highest BCUT2D eigenvalue weighted by Crippen LogP contribution is 2.34. The maximum Gasteiger partial charge on any atom is 0.293 e. The van der Waals surface area contributed by atoms with Gasteiger partial charge in [0.25, 0.3) is 11.1 Å². The number of benzene rings is 1. The SMILES string of the molecule is O=C1S/C(=C/c2ccc(I)o2)C(=O)N1Cc1ccccc1Br. The number of rotatable bonds is 3. The van der Waals surface area contributed by atoms with Gasteiger partial charge in [-0.15, -0.1) is 0 Å². The quantitative estimate of drug-likeness (QED) is 0.455. The van der Waals surface area contributed by atoms with Crippen LogP contribution in [0.25, 0.3) is 6.08 Å². The van der Waals surface area contributed by atoms with Gasteiger partial charge < -0.3 is 4.42 Å². The molecule has 7 heteroatoms. The molecule has 0 spiro atoms. The fraction of sp³-hybridized carbons (Fsp3) is 0.0667. The Morgan fingerprint density at radius 3 is 2.68 bits per heavy atom. The van der Waals surface area contributed by atoms with E-state index in [4.69, 9.17) is 4.42 Å². The van der Waals surface area contributed by atoms with Crippen molar-refractivity contribution in [2.75, 3.05) is 0 Å². The molecule has 0 bridgehead atoms. The summed E-state index contributed by atoms with van der Waals surface area (Å²) in [6, 6.07) is 11.1. The lowest BCUT2D eigenvalue weighted by Gasteiger charge is -2.13. The monoisotopic (exact) mass is 489 g/mol. The zero-order chi connectivity index (χ0) is 15.7. The Balaban J connectivity index is 1.83. The van der Waals surface area contributed by atoms with Crippen molar-refractivity contribution in [3.05, 3.63) is 60.9 Å². The van der Waals surface area contributed by atoms with E-state index in [0.29, 0.717) is 10.7 Å². The van der Waals surface area contributed by atoms with Crippen LogP contribution < -0.4 is 0 Å². The summed E-state index contributed by atoms with van der Waals surface area (Å²) in [7, 11) is 0. The van der Waals surface area contributed by atoms with Crippen LogP contribution in [0.5, 0.6) is 0 Å². The molecule has 1 fully saturated rings. The van der Waals surface area contributed by atoms with Gasteiger partial charge in [-0.25, -0.2) is 0 Å². The molecule has 2 amide bonds. The van der Waals surface area contributed by atoms with Crippen LogP contribution in [0.2, 0.25) is 0 Å². The molecule has 1 aromatic carbocycles. The fourth-order valence-electron chi connectivity index (χ4n) is 1.97. The van der Waals surface area contributed by atoms with Crippen molar-refractivity contribution in [2.45, 2.75) is 6.54 Å². The van der Waals surface area contributed by atoms with Crippen LogP contribution in [0.4, 0.5) is 4.79 Å². The maximum atomic E-state index is 12.4. The van der Waals surface area contributed by atoms with Crippen LogP contribution in [0, 0.1) is 3.77 Å². The highest BCUT2D eigenvalue weighted by Gasteiger charge is 2.35. The second kappa shape index (κ2) is 6.59. The Bertz CT molecular complexity index is 787. The Kier molecular flexibility index (Phi) is 4.74. The molecule has 1 aliphatic rings. The van der Waals surface area contributed by atoms with E-state index in [2.05, 4.69) is 15.9 Å². The molecular weight excluding hydrogens is 481 g/mol. The Hall–Kier alpha value is -1.06. The van der Waals surface area contributed by atoms with E-state index in [9.17, 15) is 9.59 Å². The predicted octanol–water partition coefficient (Wildman–Crippen LogP) is 4.88. The van der Waals surface area contributed by atoms with Crippen molar-refractivity contribution >= 4 is 67.5 Å². The van der Waals surface area contributed by atoms with Crippen LogP contribution in [0.15, 0.2) is 50.2 Å². The second-order valence-electron chi connectivity index (χ2n) is 4.50. The number of hydrogen-bond acceptors (Lipinski definition) is 4. The van der Waals surface area contributed by atoms with Crippen LogP contribution in [0.3, 0.4) is 0 Å². The van der Waals surface area contributed by atoms with Crippen molar-refractivity contribution in [1.29, 1.82) is 0 Å². The minimum Gasteiger partial charge on any atom is -0.451 e. The largest absolute Gasteiger partial charge is 0.451 e. The third-order valence-corrected chi connectivity index (χ3v) is 5.29. The van der Waals surface area contributed by atoms with E-state index < -0.39 is 0 Å². The summed E-state index contributed by atoms with van der Waals surface area (Å²) >= 11 is 6.41. The van der Waals surface area contributed by atoms with Gasteiger partial charge in [-0.1, -0.05) is 34.1 Å². The first-order chi connectivity index (χ1) is 10.5. The maximum absolute atomic E-state index is 12.4. The molecule has 1 aromatic heterocycles. The van der Waals surface area contributed by atoms with Crippen LogP contribution in [-0.2, 0) is 11.3 Å². The molecule has 2 heterocycles. The molecule has 22 heavy (non-hydrogen) atoms. The molecular formula is C15H9BrINO3S. The minimum atomic E-state index is -0.294. The predicted molar refractivity (Wildman–Crippen MR) is 97.1 cm³/mol. The Labute approximate surface area is 153 Å². The number of carbonyl (C=O) groups excluding carboxylic acids is 2. The van der Waals surface area contributed by atoms with E-state index in [1.807, 2.05) is 46.9 Å². The fourth-order valence-corrected chi connectivity index (χ4v) is 3.63. The average molecular weight is 490 g/mol. The first-order valence-electron chi connectivity index (χ1n) is 6.29. The summed E-state index contributed by atoms with van der Waals surface area (Å²) < 4.78 is 7.02.